The summed E-state index contributed by atoms with van der Waals surface area (Å²) in [5.74, 6) is -0.938. The standard InChI is InChI=1S/C14H13F5N2O4S/c1-8-3-5-9(6-4-8)26(22,23)24-7-10-11(14(17,18)19)20-21(2)12(10)25-13(15)16/h3-6,13H,7H2,1-2H3. The van der Waals surface area contributed by atoms with Crippen LogP contribution in [-0.4, -0.2) is 24.8 Å². The van der Waals surface area contributed by atoms with Crippen LogP contribution in [0.2, 0.25) is 0 Å². The number of rotatable bonds is 6. The van der Waals surface area contributed by atoms with E-state index in [0.29, 0.717) is 4.68 Å². The first-order chi connectivity index (χ1) is 11.9. The molecule has 2 rings (SSSR count). The van der Waals surface area contributed by atoms with Crippen molar-refractivity contribution < 1.29 is 39.3 Å². The van der Waals surface area contributed by atoms with Gasteiger partial charge >= 0.3 is 12.8 Å². The molecule has 12 heteroatoms. The van der Waals surface area contributed by atoms with Gasteiger partial charge in [-0.2, -0.15) is 35.5 Å². The Morgan fingerprint density at radius 2 is 1.77 bits per heavy atom. The Kier molecular flexibility index (Phi) is 5.56. The van der Waals surface area contributed by atoms with E-state index in [1.807, 2.05) is 0 Å². The molecule has 144 valence electrons. The zero-order chi connectivity index (χ0) is 19.7. The van der Waals surface area contributed by atoms with Crippen LogP contribution in [0.25, 0.3) is 0 Å². The van der Waals surface area contributed by atoms with Gasteiger partial charge in [-0.1, -0.05) is 17.7 Å². The van der Waals surface area contributed by atoms with Gasteiger partial charge in [0.15, 0.2) is 5.69 Å². The van der Waals surface area contributed by atoms with Crippen LogP contribution in [-0.2, 0) is 34.1 Å². The molecule has 0 saturated carbocycles. The molecule has 0 spiro atoms. The number of halogens is 5. The Bertz CT molecular complexity index is 876. The highest BCUT2D eigenvalue weighted by atomic mass is 32.2. The minimum Gasteiger partial charge on any atom is -0.417 e. The van der Waals surface area contributed by atoms with Crippen molar-refractivity contribution in [2.24, 2.45) is 7.05 Å². The summed E-state index contributed by atoms with van der Waals surface area (Å²) in [6.07, 6.45) is -5.02. The molecule has 1 heterocycles. The lowest BCUT2D eigenvalue weighted by Crippen LogP contribution is -2.13. The highest BCUT2D eigenvalue weighted by Crippen LogP contribution is 2.36. The number of benzene rings is 1. The smallest absolute Gasteiger partial charge is 0.417 e. The van der Waals surface area contributed by atoms with Crippen LogP contribution < -0.4 is 4.74 Å². The fraction of sp³-hybridized carbons (Fsp3) is 0.357. The van der Waals surface area contributed by atoms with Crippen LogP contribution in [0.4, 0.5) is 22.0 Å². The molecule has 0 amide bonds. The average molecular weight is 400 g/mol. The van der Waals surface area contributed by atoms with Crippen molar-refractivity contribution >= 4 is 10.1 Å². The Morgan fingerprint density at radius 3 is 2.27 bits per heavy atom. The van der Waals surface area contributed by atoms with Gasteiger partial charge in [-0.15, -0.1) is 0 Å². The van der Waals surface area contributed by atoms with Crippen molar-refractivity contribution in [3.63, 3.8) is 0 Å². The number of aromatic nitrogens is 2. The minimum absolute atomic E-state index is 0.295. The topological polar surface area (TPSA) is 70.4 Å². The molecule has 6 nitrogen and oxygen atoms in total. The Balaban J connectivity index is 2.37. The first kappa shape index (κ1) is 20.1. The van der Waals surface area contributed by atoms with Gasteiger partial charge in [0, 0.05) is 7.05 Å². The zero-order valence-corrected chi connectivity index (χ0v) is 14.2. The molecular weight excluding hydrogens is 387 g/mol. The fourth-order valence-electron chi connectivity index (χ4n) is 2.05. The van der Waals surface area contributed by atoms with Crippen LogP contribution in [0.5, 0.6) is 5.88 Å². The summed E-state index contributed by atoms with van der Waals surface area (Å²) in [6.45, 7) is -2.91. The van der Waals surface area contributed by atoms with Crippen LogP contribution >= 0.6 is 0 Å². The maximum Gasteiger partial charge on any atom is 0.435 e. The average Bonchev–Trinajstić information content (AvgIpc) is 2.82. The first-order valence-corrected chi connectivity index (χ1v) is 8.36. The van der Waals surface area contributed by atoms with E-state index < -0.39 is 46.7 Å². The normalized spacial score (nSPS) is 12.6. The predicted octanol–water partition coefficient (Wildman–Crippen LogP) is 3.25. The van der Waals surface area contributed by atoms with Crippen molar-refractivity contribution in [3.05, 3.63) is 41.1 Å². The lowest BCUT2D eigenvalue weighted by Gasteiger charge is -2.10. The Hall–Kier alpha value is -2.21. The van der Waals surface area contributed by atoms with E-state index >= 15 is 0 Å². The van der Waals surface area contributed by atoms with E-state index in [1.54, 1.807) is 6.92 Å². The summed E-state index contributed by atoms with van der Waals surface area (Å²) < 4.78 is 97.3. The highest BCUT2D eigenvalue weighted by Gasteiger charge is 2.40. The van der Waals surface area contributed by atoms with Gasteiger partial charge in [-0.25, -0.2) is 4.68 Å². The molecule has 0 N–H and O–H groups in total. The van der Waals surface area contributed by atoms with E-state index in [4.69, 9.17) is 0 Å². The van der Waals surface area contributed by atoms with Gasteiger partial charge < -0.3 is 4.74 Å². The van der Waals surface area contributed by atoms with Crippen molar-refractivity contribution in [2.45, 2.75) is 31.2 Å². The van der Waals surface area contributed by atoms with E-state index in [0.717, 1.165) is 12.6 Å². The van der Waals surface area contributed by atoms with Crippen molar-refractivity contribution in [3.8, 4) is 5.88 Å². The Morgan fingerprint density at radius 1 is 1.19 bits per heavy atom. The predicted molar refractivity (Wildman–Crippen MR) is 78.0 cm³/mol. The van der Waals surface area contributed by atoms with E-state index in [9.17, 15) is 30.4 Å². The second kappa shape index (κ2) is 7.19. The zero-order valence-electron chi connectivity index (χ0n) is 13.4. The molecule has 0 radical (unpaired) electrons. The van der Waals surface area contributed by atoms with Crippen LogP contribution in [0.15, 0.2) is 29.2 Å². The van der Waals surface area contributed by atoms with Gasteiger partial charge in [-0.3, -0.25) is 4.18 Å². The molecule has 0 saturated heterocycles. The second-order valence-corrected chi connectivity index (χ2v) is 6.78. The SMILES string of the molecule is Cc1ccc(S(=O)(=O)OCc2c(C(F)(F)F)nn(C)c2OC(F)F)cc1. The molecule has 2 aromatic rings. The molecule has 0 aliphatic rings. The van der Waals surface area contributed by atoms with Crippen LogP contribution in [0, 0.1) is 6.92 Å². The number of alkyl halides is 5. The van der Waals surface area contributed by atoms with Crippen LogP contribution in [0.3, 0.4) is 0 Å². The molecule has 0 bridgehead atoms. The number of hydrogen-bond acceptors (Lipinski definition) is 5. The summed E-state index contributed by atoms with van der Waals surface area (Å²) in [6, 6.07) is 5.34. The minimum atomic E-state index is -5.02. The maximum absolute atomic E-state index is 13.0. The summed E-state index contributed by atoms with van der Waals surface area (Å²) in [5.41, 5.74) is -1.77. The third-order valence-electron chi connectivity index (χ3n) is 3.23. The first-order valence-electron chi connectivity index (χ1n) is 6.96. The van der Waals surface area contributed by atoms with E-state index in [2.05, 4.69) is 14.0 Å². The lowest BCUT2D eigenvalue weighted by atomic mass is 10.2. The monoisotopic (exact) mass is 400 g/mol. The summed E-state index contributed by atoms with van der Waals surface area (Å²) in [5, 5.41) is 3.08. The van der Waals surface area contributed by atoms with Crippen molar-refractivity contribution in [1.29, 1.82) is 0 Å². The molecule has 26 heavy (non-hydrogen) atoms. The van der Waals surface area contributed by atoms with Gasteiger partial charge in [0.1, 0.15) is 0 Å². The van der Waals surface area contributed by atoms with Crippen molar-refractivity contribution in [2.75, 3.05) is 0 Å². The Labute approximate surface area is 145 Å². The van der Waals surface area contributed by atoms with E-state index in [-0.39, 0.29) is 4.90 Å². The summed E-state index contributed by atoms with van der Waals surface area (Å²) in [4.78, 5) is -0.295. The second-order valence-electron chi connectivity index (χ2n) is 5.16. The molecule has 0 unspecified atom stereocenters. The summed E-state index contributed by atoms with van der Waals surface area (Å²) in [7, 11) is -3.47. The number of nitrogens with zero attached hydrogens (tertiary/aromatic N) is 2. The molecule has 0 fully saturated rings. The van der Waals surface area contributed by atoms with Gasteiger partial charge in [0.05, 0.1) is 17.1 Å². The maximum atomic E-state index is 13.0. The van der Waals surface area contributed by atoms with Gasteiger partial charge in [-0.05, 0) is 19.1 Å². The summed E-state index contributed by atoms with van der Waals surface area (Å²) >= 11 is 0. The molecular formula is C14H13F5N2O4S. The molecule has 0 atom stereocenters. The lowest BCUT2D eigenvalue weighted by molar-refractivity contribution is -0.142. The van der Waals surface area contributed by atoms with Crippen LogP contribution in [0.1, 0.15) is 16.8 Å². The highest BCUT2D eigenvalue weighted by molar-refractivity contribution is 7.86. The largest absolute Gasteiger partial charge is 0.435 e. The molecule has 1 aromatic carbocycles. The fourth-order valence-corrected chi connectivity index (χ4v) is 2.93. The molecule has 0 aliphatic heterocycles. The third-order valence-corrected chi connectivity index (χ3v) is 4.50. The van der Waals surface area contributed by atoms with Gasteiger partial charge in [0.25, 0.3) is 10.1 Å². The van der Waals surface area contributed by atoms with Gasteiger partial charge in [0.2, 0.25) is 5.88 Å². The number of ether oxygens (including phenoxy) is 1. The quantitative estimate of drug-likeness (QED) is 0.550. The number of hydrogen-bond donors (Lipinski definition) is 0. The number of aryl methyl sites for hydroxylation is 2. The molecule has 0 aliphatic carbocycles. The third kappa shape index (κ3) is 4.49. The van der Waals surface area contributed by atoms with Crippen molar-refractivity contribution in [1.82, 2.24) is 9.78 Å². The molecule has 1 aromatic heterocycles. The van der Waals surface area contributed by atoms with E-state index in [1.165, 1.54) is 24.3 Å².